The molecular weight excluding hydrogens is 492 g/mol. The van der Waals surface area contributed by atoms with Crippen LogP contribution in [-0.2, 0) is 52.4 Å². The summed E-state index contributed by atoms with van der Waals surface area (Å²) >= 11 is 0. The molecule has 0 saturated carbocycles. The minimum atomic E-state index is -1.41. The van der Waals surface area contributed by atoms with Gasteiger partial charge in [-0.1, -0.05) is 26.3 Å². The van der Waals surface area contributed by atoms with E-state index in [1.165, 1.54) is 0 Å². The molecule has 0 aliphatic rings. The molecule has 0 radical (unpaired) electrons. The van der Waals surface area contributed by atoms with E-state index in [0.717, 1.165) is 24.3 Å². The highest BCUT2D eigenvalue weighted by Gasteiger charge is 2.39. The number of carbonyl (C=O) groups excluding carboxylic acids is 5. The van der Waals surface area contributed by atoms with Gasteiger partial charge < -0.3 is 33.5 Å². The monoisotopic (exact) mass is 526 g/mol. The quantitative estimate of drug-likeness (QED) is 0.0784. The molecule has 0 aromatic carbocycles. The van der Waals surface area contributed by atoms with Crippen molar-refractivity contribution in [2.75, 3.05) is 52.9 Å². The summed E-state index contributed by atoms with van der Waals surface area (Å²) in [6, 6.07) is 0. The zero-order valence-corrected chi connectivity index (χ0v) is 20.7. The van der Waals surface area contributed by atoms with Crippen molar-refractivity contribution in [2.45, 2.75) is 0 Å². The maximum atomic E-state index is 11.6. The van der Waals surface area contributed by atoms with Crippen molar-refractivity contribution < 1.29 is 57.5 Å². The molecule has 0 aliphatic carbocycles. The minimum Gasteiger partial charge on any atom is -0.467 e. The number of carbonyl (C=O) groups is 5. The van der Waals surface area contributed by atoms with Crippen molar-refractivity contribution in [3.63, 3.8) is 0 Å². The maximum absolute atomic E-state index is 11.6. The Balaban J connectivity index is 0. The topological polar surface area (TPSA) is 161 Å². The Hall–Kier alpha value is -4.03. The van der Waals surface area contributed by atoms with Crippen LogP contribution < -0.4 is 0 Å². The van der Waals surface area contributed by atoms with Gasteiger partial charge >= 0.3 is 23.9 Å². The fraction of sp³-hybridized carbons (Fsp3) is 0.400. The molecule has 0 bridgehead atoms. The number of esters is 4. The van der Waals surface area contributed by atoms with Crippen LogP contribution in [0.4, 0.5) is 0 Å². The van der Waals surface area contributed by atoms with Gasteiger partial charge in [-0.3, -0.25) is 4.79 Å². The summed E-state index contributed by atoms with van der Waals surface area (Å²) in [7, 11) is 0. The number of aliphatic hydroxyl groups excluding tert-OH is 1. The average molecular weight is 527 g/mol. The van der Waals surface area contributed by atoms with Crippen molar-refractivity contribution in [1.82, 2.24) is 0 Å². The van der Waals surface area contributed by atoms with Crippen LogP contribution in [0.5, 0.6) is 0 Å². The van der Waals surface area contributed by atoms with Crippen LogP contribution in [0.2, 0.25) is 0 Å². The predicted octanol–water partition coefficient (Wildman–Crippen LogP) is 0.860. The molecule has 12 heteroatoms. The summed E-state index contributed by atoms with van der Waals surface area (Å²) in [6.45, 7) is 15.8. The standard InChI is InChI=1S/C23H30O12.C2H4/c1-5-18(26)32-13-22(9-24,14-33-19(27)6-2)10-30-11-23(12-31-17-25,15-34-20(28)7-3)16-35-21(29)8-4;1-2/h5-8,17,24H,1-4,9-16H2;1-2H2. The zero-order chi connectivity index (χ0) is 28.7. The second-order valence-electron chi connectivity index (χ2n) is 7.31. The smallest absolute Gasteiger partial charge is 0.330 e. The van der Waals surface area contributed by atoms with E-state index < -0.39 is 74.3 Å². The van der Waals surface area contributed by atoms with Gasteiger partial charge in [-0.2, -0.15) is 0 Å². The number of hydrogen-bond donors (Lipinski definition) is 1. The molecular formula is C25H34O12. The molecule has 12 nitrogen and oxygen atoms in total. The van der Waals surface area contributed by atoms with E-state index in [1.807, 2.05) is 0 Å². The summed E-state index contributed by atoms with van der Waals surface area (Å²) in [6.07, 6.45) is 3.62. The van der Waals surface area contributed by atoms with Gasteiger partial charge in [0.25, 0.3) is 6.47 Å². The average Bonchev–Trinajstić information content (AvgIpc) is 2.94. The molecule has 0 aromatic heterocycles. The molecule has 0 fully saturated rings. The molecule has 0 heterocycles. The Labute approximate surface area is 215 Å². The van der Waals surface area contributed by atoms with Gasteiger partial charge in [0.15, 0.2) is 0 Å². The molecule has 1 N–H and O–H groups in total. The Bertz CT molecular complexity index is 753. The van der Waals surface area contributed by atoms with E-state index in [4.69, 9.17) is 28.4 Å². The summed E-state index contributed by atoms with van der Waals surface area (Å²) in [5.41, 5.74) is -2.79. The van der Waals surface area contributed by atoms with Crippen molar-refractivity contribution in [1.29, 1.82) is 0 Å². The summed E-state index contributed by atoms with van der Waals surface area (Å²) < 4.78 is 30.6. The number of rotatable bonds is 20. The molecule has 206 valence electrons. The molecule has 0 saturated heterocycles. The lowest BCUT2D eigenvalue weighted by atomic mass is 9.90. The van der Waals surface area contributed by atoms with E-state index in [-0.39, 0.29) is 19.7 Å². The van der Waals surface area contributed by atoms with Crippen LogP contribution in [0.25, 0.3) is 0 Å². The Morgan fingerprint density at radius 2 is 0.919 bits per heavy atom. The molecule has 0 aliphatic heterocycles. The number of aliphatic hydroxyl groups is 1. The first-order valence-electron chi connectivity index (χ1n) is 10.6. The highest BCUT2D eigenvalue weighted by molar-refractivity contribution is 5.82. The molecule has 0 rings (SSSR count). The largest absolute Gasteiger partial charge is 0.467 e. The molecule has 0 amide bonds. The van der Waals surface area contributed by atoms with Gasteiger partial charge in [0.1, 0.15) is 33.0 Å². The van der Waals surface area contributed by atoms with E-state index in [9.17, 15) is 29.1 Å². The van der Waals surface area contributed by atoms with Gasteiger partial charge in [-0.05, 0) is 0 Å². The lowest BCUT2D eigenvalue weighted by molar-refractivity contribution is -0.165. The van der Waals surface area contributed by atoms with Crippen molar-refractivity contribution in [2.24, 2.45) is 10.8 Å². The predicted molar refractivity (Wildman–Crippen MR) is 131 cm³/mol. The minimum absolute atomic E-state index is 0.140. The molecule has 0 unspecified atom stereocenters. The normalized spacial score (nSPS) is 10.3. The lowest BCUT2D eigenvalue weighted by Crippen LogP contribution is -2.46. The highest BCUT2D eigenvalue weighted by Crippen LogP contribution is 2.25. The first kappa shape index (κ1) is 35.1. The third-order valence-corrected chi connectivity index (χ3v) is 4.36. The van der Waals surface area contributed by atoms with Crippen LogP contribution in [0.1, 0.15) is 0 Å². The first-order chi connectivity index (χ1) is 17.6. The SMILES string of the molecule is C=C.C=CC(=O)OCC(CO)(COCC(COC=O)(COC(=O)C=C)COC(=O)C=C)COC(=O)C=C. The molecule has 0 atom stereocenters. The third kappa shape index (κ3) is 14.9. The van der Waals surface area contributed by atoms with Crippen LogP contribution >= 0.6 is 0 Å². The second kappa shape index (κ2) is 20.2. The van der Waals surface area contributed by atoms with Gasteiger partial charge in [0.05, 0.1) is 30.7 Å². The fourth-order valence-electron chi connectivity index (χ4n) is 2.34. The summed E-state index contributed by atoms with van der Waals surface area (Å²) in [4.78, 5) is 57.1. The van der Waals surface area contributed by atoms with E-state index >= 15 is 0 Å². The zero-order valence-electron chi connectivity index (χ0n) is 20.7. The van der Waals surface area contributed by atoms with E-state index in [1.54, 1.807) is 0 Å². The van der Waals surface area contributed by atoms with Crippen LogP contribution in [0.3, 0.4) is 0 Å². The molecule has 37 heavy (non-hydrogen) atoms. The molecule has 0 aromatic rings. The Morgan fingerprint density at radius 1 is 0.595 bits per heavy atom. The Morgan fingerprint density at radius 3 is 1.22 bits per heavy atom. The molecule has 0 spiro atoms. The van der Waals surface area contributed by atoms with E-state index in [0.29, 0.717) is 0 Å². The van der Waals surface area contributed by atoms with Gasteiger partial charge in [-0.25, -0.2) is 19.2 Å². The van der Waals surface area contributed by atoms with Gasteiger partial charge in [0.2, 0.25) is 0 Å². The van der Waals surface area contributed by atoms with Crippen LogP contribution in [-0.4, -0.2) is 88.3 Å². The van der Waals surface area contributed by atoms with Crippen molar-refractivity contribution >= 4 is 30.3 Å². The van der Waals surface area contributed by atoms with Crippen LogP contribution in [0.15, 0.2) is 63.8 Å². The highest BCUT2D eigenvalue weighted by atomic mass is 16.6. The number of hydrogen-bond acceptors (Lipinski definition) is 12. The number of ether oxygens (including phenoxy) is 6. The third-order valence-electron chi connectivity index (χ3n) is 4.36. The van der Waals surface area contributed by atoms with Crippen LogP contribution in [0, 0.1) is 10.8 Å². The summed E-state index contributed by atoms with van der Waals surface area (Å²) in [5.74, 6) is -3.18. The first-order valence-corrected chi connectivity index (χ1v) is 10.6. The maximum Gasteiger partial charge on any atom is 0.330 e. The Kier molecular flexibility index (Phi) is 19.2. The fourth-order valence-corrected chi connectivity index (χ4v) is 2.34. The summed E-state index contributed by atoms with van der Waals surface area (Å²) in [5, 5.41) is 9.99. The lowest BCUT2D eigenvalue weighted by Gasteiger charge is -2.34. The van der Waals surface area contributed by atoms with Crippen molar-refractivity contribution in [3.8, 4) is 0 Å². The van der Waals surface area contributed by atoms with Gasteiger partial charge in [-0.15, -0.1) is 13.2 Å². The second-order valence-corrected chi connectivity index (χ2v) is 7.31. The van der Waals surface area contributed by atoms with E-state index in [2.05, 4.69) is 39.5 Å². The van der Waals surface area contributed by atoms with Crippen molar-refractivity contribution in [3.05, 3.63) is 63.8 Å². The van der Waals surface area contributed by atoms with Gasteiger partial charge in [0, 0.05) is 24.3 Å².